The fraction of sp³-hybridized carbons (Fsp3) is 0.286. The molecule has 0 radical (unpaired) electrons. The molecule has 0 saturated heterocycles. The van der Waals surface area contributed by atoms with Crippen LogP contribution in [0, 0.1) is 0 Å². The standard InChI is InChI=1S/C14H17N3O2/c1-14(2,8-12(15)18)17-13(19)10-4-3-9-5-6-16-11(9)7-10/h3-7,16H,8H2,1-2H3,(H2,15,18)(H,17,19). The van der Waals surface area contributed by atoms with Crippen molar-refractivity contribution >= 4 is 22.7 Å². The molecule has 0 saturated carbocycles. The van der Waals surface area contributed by atoms with Gasteiger partial charge in [-0.2, -0.15) is 0 Å². The predicted octanol–water partition coefficient (Wildman–Crippen LogP) is 1.55. The summed E-state index contributed by atoms with van der Waals surface area (Å²) in [6.45, 7) is 3.53. The zero-order valence-electron chi connectivity index (χ0n) is 11.0. The largest absolute Gasteiger partial charge is 0.370 e. The van der Waals surface area contributed by atoms with Crippen LogP contribution in [-0.2, 0) is 4.79 Å². The highest BCUT2D eigenvalue weighted by Gasteiger charge is 2.23. The van der Waals surface area contributed by atoms with E-state index >= 15 is 0 Å². The van der Waals surface area contributed by atoms with Crippen LogP contribution in [0.4, 0.5) is 0 Å². The number of benzene rings is 1. The lowest BCUT2D eigenvalue weighted by Crippen LogP contribution is -2.46. The maximum atomic E-state index is 12.1. The Labute approximate surface area is 111 Å². The number of carbonyl (C=O) groups excluding carboxylic acids is 2. The van der Waals surface area contributed by atoms with Gasteiger partial charge in [0, 0.05) is 29.2 Å². The number of rotatable bonds is 4. The number of fused-ring (bicyclic) bond motifs is 1. The molecule has 2 rings (SSSR count). The van der Waals surface area contributed by atoms with Crippen molar-refractivity contribution in [2.24, 2.45) is 5.73 Å². The predicted molar refractivity (Wildman–Crippen MR) is 73.7 cm³/mol. The fourth-order valence-electron chi connectivity index (χ4n) is 2.05. The molecule has 1 aromatic carbocycles. The molecule has 100 valence electrons. The lowest BCUT2D eigenvalue weighted by Gasteiger charge is -2.24. The molecule has 5 nitrogen and oxygen atoms in total. The topological polar surface area (TPSA) is 88.0 Å². The van der Waals surface area contributed by atoms with E-state index in [1.54, 1.807) is 26.0 Å². The maximum absolute atomic E-state index is 12.1. The average Bonchev–Trinajstić information content (AvgIpc) is 2.72. The first-order valence-electron chi connectivity index (χ1n) is 6.05. The van der Waals surface area contributed by atoms with Crippen LogP contribution in [0.2, 0.25) is 0 Å². The van der Waals surface area contributed by atoms with E-state index in [1.165, 1.54) is 0 Å². The molecule has 0 bridgehead atoms. The van der Waals surface area contributed by atoms with E-state index in [4.69, 9.17) is 5.73 Å². The van der Waals surface area contributed by atoms with Crippen molar-refractivity contribution in [1.82, 2.24) is 10.3 Å². The van der Waals surface area contributed by atoms with Gasteiger partial charge in [-0.1, -0.05) is 6.07 Å². The van der Waals surface area contributed by atoms with Crippen molar-refractivity contribution < 1.29 is 9.59 Å². The third-order valence-corrected chi connectivity index (χ3v) is 2.89. The van der Waals surface area contributed by atoms with Gasteiger partial charge in [0.05, 0.1) is 0 Å². The second-order valence-corrected chi connectivity index (χ2v) is 5.26. The van der Waals surface area contributed by atoms with E-state index in [1.807, 2.05) is 18.3 Å². The summed E-state index contributed by atoms with van der Waals surface area (Å²) in [5, 5.41) is 3.86. The van der Waals surface area contributed by atoms with Gasteiger partial charge in [0.1, 0.15) is 0 Å². The fourth-order valence-corrected chi connectivity index (χ4v) is 2.05. The molecule has 1 heterocycles. The minimum absolute atomic E-state index is 0.101. The van der Waals surface area contributed by atoms with Crippen LogP contribution in [0.5, 0.6) is 0 Å². The molecule has 4 N–H and O–H groups in total. The number of carbonyl (C=O) groups is 2. The molecule has 0 atom stereocenters. The normalized spacial score (nSPS) is 11.5. The summed E-state index contributed by atoms with van der Waals surface area (Å²) in [6.07, 6.45) is 1.92. The molecule has 0 aliphatic heterocycles. The van der Waals surface area contributed by atoms with E-state index in [9.17, 15) is 9.59 Å². The number of aromatic nitrogens is 1. The summed E-state index contributed by atoms with van der Waals surface area (Å²) in [4.78, 5) is 26.1. The number of nitrogens with two attached hydrogens (primary N) is 1. The SMILES string of the molecule is CC(C)(CC(N)=O)NC(=O)c1ccc2cc[nH]c2c1. The number of hydrogen-bond donors (Lipinski definition) is 3. The molecule has 2 aromatic rings. The van der Waals surface area contributed by atoms with E-state index in [0.29, 0.717) is 5.56 Å². The monoisotopic (exact) mass is 259 g/mol. The van der Waals surface area contributed by atoms with Crippen molar-refractivity contribution in [2.45, 2.75) is 25.8 Å². The molecule has 2 amide bonds. The van der Waals surface area contributed by atoms with Gasteiger partial charge in [-0.25, -0.2) is 0 Å². The summed E-state index contributed by atoms with van der Waals surface area (Å²) >= 11 is 0. The lowest BCUT2D eigenvalue weighted by molar-refractivity contribution is -0.119. The number of nitrogens with one attached hydrogen (secondary N) is 2. The summed E-state index contributed by atoms with van der Waals surface area (Å²) in [7, 11) is 0. The Morgan fingerprint density at radius 1 is 1.32 bits per heavy atom. The smallest absolute Gasteiger partial charge is 0.251 e. The van der Waals surface area contributed by atoms with Gasteiger partial charge in [-0.3, -0.25) is 9.59 Å². The maximum Gasteiger partial charge on any atom is 0.251 e. The van der Waals surface area contributed by atoms with Crippen LogP contribution in [0.1, 0.15) is 30.6 Å². The molecule has 0 fully saturated rings. The summed E-state index contributed by atoms with van der Waals surface area (Å²) in [6, 6.07) is 7.35. The van der Waals surface area contributed by atoms with Crippen LogP contribution < -0.4 is 11.1 Å². The Morgan fingerprint density at radius 2 is 2.05 bits per heavy atom. The zero-order chi connectivity index (χ0) is 14.0. The number of hydrogen-bond acceptors (Lipinski definition) is 2. The van der Waals surface area contributed by atoms with Crippen LogP contribution in [-0.4, -0.2) is 22.3 Å². The molecule has 1 aromatic heterocycles. The highest BCUT2D eigenvalue weighted by molar-refractivity contribution is 5.98. The van der Waals surface area contributed by atoms with Crippen molar-refractivity contribution in [3.63, 3.8) is 0 Å². The molecule has 19 heavy (non-hydrogen) atoms. The zero-order valence-corrected chi connectivity index (χ0v) is 11.0. The molecule has 0 spiro atoms. The molecule has 5 heteroatoms. The van der Waals surface area contributed by atoms with Gasteiger partial charge in [0.25, 0.3) is 5.91 Å². The third-order valence-electron chi connectivity index (χ3n) is 2.89. The molecule has 0 unspecified atom stereocenters. The summed E-state index contributed by atoms with van der Waals surface area (Å²) in [5.74, 6) is -0.659. The first-order chi connectivity index (χ1) is 8.87. The number of H-pyrrole nitrogens is 1. The quantitative estimate of drug-likeness (QED) is 0.777. The highest BCUT2D eigenvalue weighted by Crippen LogP contribution is 2.15. The lowest BCUT2D eigenvalue weighted by atomic mass is 9.99. The molecular formula is C14H17N3O2. The van der Waals surface area contributed by atoms with Crippen molar-refractivity contribution in [3.05, 3.63) is 36.0 Å². The Bertz CT molecular complexity index is 628. The first-order valence-corrected chi connectivity index (χ1v) is 6.05. The van der Waals surface area contributed by atoms with Gasteiger partial charge in [0.2, 0.25) is 5.91 Å². The van der Waals surface area contributed by atoms with E-state index in [-0.39, 0.29) is 12.3 Å². The minimum atomic E-state index is -0.659. The molecule has 0 aliphatic carbocycles. The molecular weight excluding hydrogens is 242 g/mol. The van der Waals surface area contributed by atoms with E-state index in [0.717, 1.165) is 10.9 Å². The highest BCUT2D eigenvalue weighted by atomic mass is 16.2. The van der Waals surface area contributed by atoms with Crippen LogP contribution in [0.25, 0.3) is 10.9 Å². The number of aromatic amines is 1. The van der Waals surface area contributed by atoms with Gasteiger partial charge >= 0.3 is 0 Å². The van der Waals surface area contributed by atoms with Gasteiger partial charge < -0.3 is 16.0 Å². The van der Waals surface area contributed by atoms with Crippen LogP contribution in [0.3, 0.4) is 0 Å². The second kappa shape index (κ2) is 4.76. The van der Waals surface area contributed by atoms with Gasteiger partial charge in [-0.05, 0) is 37.4 Å². The minimum Gasteiger partial charge on any atom is -0.370 e. The Hall–Kier alpha value is -2.30. The van der Waals surface area contributed by atoms with E-state index < -0.39 is 11.4 Å². The Balaban J connectivity index is 2.17. The Kier molecular flexibility index (Phi) is 3.29. The average molecular weight is 259 g/mol. The molecule has 0 aliphatic rings. The Morgan fingerprint density at radius 3 is 2.74 bits per heavy atom. The van der Waals surface area contributed by atoms with Crippen LogP contribution >= 0.6 is 0 Å². The van der Waals surface area contributed by atoms with Crippen molar-refractivity contribution in [2.75, 3.05) is 0 Å². The van der Waals surface area contributed by atoms with Gasteiger partial charge in [0.15, 0.2) is 0 Å². The van der Waals surface area contributed by atoms with Crippen molar-refractivity contribution in [3.8, 4) is 0 Å². The summed E-state index contributed by atoms with van der Waals surface area (Å²) < 4.78 is 0. The second-order valence-electron chi connectivity index (χ2n) is 5.26. The number of primary amides is 1. The summed E-state index contributed by atoms with van der Waals surface area (Å²) in [5.41, 5.74) is 5.95. The number of amides is 2. The van der Waals surface area contributed by atoms with Gasteiger partial charge in [-0.15, -0.1) is 0 Å². The third kappa shape index (κ3) is 3.13. The van der Waals surface area contributed by atoms with E-state index in [2.05, 4.69) is 10.3 Å². The van der Waals surface area contributed by atoms with Crippen LogP contribution in [0.15, 0.2) is 30.5 Å². The first kappa shape index (κ1) is 13.1. The van der Waals surface area contributed by atoms with Crippen molar-refractivity contribution in [1.29, 1.82) is 0 Å².